The van der Waals surface area contributed by atoms with E-state index in [2.05, 4.69) is 5.32 Å². The third kappa shape index (κ3) is 4.68. The minimum atomic E-state index is -0.757. The number of nitriles is 1. The molecule has 7 heteroatoms. The molecule has 3 rings (SSSR count). The Morgan fingerprint density at radius 2 is 1.76 bits per heavy atom. The standard InChI is InChI=1S/C22H15Cl2FN2O2/c1-29-20-11-17(24)8-9-18(20)21(13-4-6-16(23)7-5-13)27-22(28)14-2-3-15(12-26)19(25)10-14/h2-11,21H,1H3,(H,27,28)/t21-/m0/s1. The number of halogens is 3. The Hall–Kier alpha value is -3.07. The molecule has 0 aliphatic heterocycles. The van der Waals surface area contributed by atoms with Crippen molar-refractivity contribution < 1.29 is 13.9 Å². The smallest absolute Gasteiger partial charge is 0.252 e. The van der Waals surface area contributed by atoms with Crippen LogP contribution in [-0.2, 0) is 0 Å². The van der Waals surface area contributed by atoms with E-state index in [0.29, 0.717) is 21.4 Å². The molecule has 0 saturated carbocycles. The predicted octanol–water partition coefficient (Wildman–Crippen LogP) is 5.53. The fraction of sp³-hybridized carbons (Fsp3) is 0.0909. The van der Waals surface area contributed by atoms with E-state index < -0.39 is 17.8 Å². The zero-order valence-electron chi connectivity index (χ0n) is 15.2. The van der Waals surface area contributed by atoms with Gasteiger partial charge in [0.05, 0.1) is 18.7 Å². The number of benzene rings is 3. The number of amides is 1. The van der Waals surface area contributed by atoms with Crippen LogP contribution in [0, 0.1) is 17.1 Å². The van der Waals surface area contributed by atoms with Crippen LogP contribution >= 0.6 is 23.2 Å². The first-order chi connectivity index (χ1) is 13.9. The van der Waals surface area contributed by atoms with E-state index in [0.717, 1.165) is 11.6 Å². The van der Waals surface area contributed by atoms with Gasteiger partial charge in [-0.1, -0.05) is 41.4 Å². The third-order valence-corrected chi connectivity index (χ3v) is 4.82. The fourth-order valence-corrected chi connectivity index (χ4v) is 3.17. The number of methoxy groups -OCH3 is 1. The number of hydrogen-bond acceptors (Lipinski definition) is 3. The van der Waals surface area contributed by atoms with Crippen molar-refractivity contribution in [2.24, 2.45) is 0 Å². The molecule has 0 radical (unpaired) electrons. The van der Waals surface area contributed by atoms with Crippen LogP contribution in [0.5, 0.6) is 5.75 Å². The van der Waals surface area contributed by atoms with E-state index in [-0.39, 0.29) is 11.1 Å². The van der Waals surface area contributed by atoms with Crippen LogP contribution in [0.2, 0.25) is 10.0 Å². The van der Waals surface area contributed by atoms with Crippen LogP contribution in [0.4, 0.5) is 4.39 Å². The van der Waals surface area contributed by atoms with E-state index in [4.69, 9.17) is 33.2 Å². The fourth-order valence-electron chi connectivity index (χ4n) is 2.88. The van der Waals surface area contributed by atoms with Crippen molar-refractivity contribution in [1.29, 1.82) is 5.26 Å². The molecule has 1 N–H and O–H groups in total. The summed E-state index contributed by atoms with van der Waals surface area (Å²) in [5.41, 5.74) is 1.38. The van der Waals surface area contributed by atoms with Gasteiger partial charge in [0.15, 0.2) is 0 Å². The largest absolute Gasteiger partial charge is 0.496 e. The first-order valence-electron chi connectivity index (χ1n) is 8.52. The molecule has 29 heavy (non-hydrogen) atoms. The van der Waals surface area contributed by atoms with Gasteiger partial charge in [0, 0.05) is 21.2 Å². The molecule has 1 atom stereocenters. The van der Waals surface area contributed by atoms with Gasteiger partial charge in [-0.05, 0) is 48.0 Å². The van der Waals surface area contributed by atoms with E-state index >= 15 is 0 Å². The molecule has 3 aromatic carbocycles. The van der Waals surface area contributed by atoms with Crippen LogP contribution in [-0.4, -0.2) is 13.0 Å². The highest BCUT2D eigenvalue weighted by atomic mass is 35.5. The summed E-state index contributed by atoms with van der Waals surface area (Å²) < 4.78 is 19.4. The average molecular weight is 429 g/mol. The Bertz CT molecular complexity index is 1090. The number of carbonyl (C=O) groups is 1. The summed E-state index contributed by atoms with van der Waals surface area (Å²) in [5, 5.41) is 12.8. The van der Waals surface area contributed by atoms with Crippen molar-refractivity contribution in [1.82, 2.24) is 5.32 Å². The van der Waals surface area contributed by atoms with Crippen LogP contribution in [0.15, 0.2) is 60.7 Å². The van der Waals surface area contributed by atoms with E-state index in [1.54, 1.807) is 48.5 Å². The summed E-state index contributed by atoms with van der Waals surface area (Å²) in [5.74, 6) is -0.777. The van der Waals surface area contributed by atoms with E-state index in [9.17, 15) is 9.18 Å². The monoisotopic (exact) mass is 428 g/mol. The SMILES string of the molecule is COc1cc(Cl)ccc1[C@@H](NC(=O)c1ccc(C#N)c(F)c1)c1ccc(Cl)cc1. The molecule has 0 fully saturated rings. The molecule has 3 aromatic rings. The van der Waals surface area contributed by atoms with E-state index in [1.165, 1.54) is 19.2 Å². The summed E-state index contributed by atoms with van der Waals surface area (Å²) in [6.45, 7) is 0. The van der Waals surface area contributed by atoms with Gasteiger partial charge >= 0.3 is 0 Å². The second-order valence-electron chi connectivity index (χ2n) is 6.15. The van der Waals surface area contributed by atoms with Gasteiger partial charge in [-0.2, -0.15) is 5.26 Å². The van der Waals surface area contributed by atoms with Crippen molar-refractivity contribution in [2.75, 3.05) is 7.11 Å². The second-order valence-corrected chi connectivity index (χ2v) is 7.02. The normalized spacial score (nSPS) is 11.4. The van der Waals surface area contributed by atoms with Crippen LogP contribution in [0.1, 0.15) is 33.1 Å². The lowest BCUT2D eigenvalue weighted by Gasteiger charge is -2.22. The highest BCUT2D eigenvalue weighted by Gasteiger charge is 2.22. The number of hydrogen-bond donors (Lipinski definition) is 1. The summed E-state index contributed by atoms with van der Waals surface area (Å²) in [4.78, 5) is 12.8. The van der Waals surface area contributed by atoms with Crippen molar-refractivity contribution in [3.05, 3.63) is 98.8 Å². The van der Waals surface area contributed by atoms with Gasteiger partial charge < -0.3 is 10.1 Å². The lowest BCUT2D eigenvalue weighted by Crippen LogP contribution is -2.29. The molecule has 0 aromatic heterocycles. The number of nitrogens with zero attached hydrogens (tertiary/aromatic N) is 1. The first-order valence-corrected chi connectivity index (χ1v) is 9.28. The Balaban J connectivity index is 2.02. The molecule has 0 aliphatic carbocycles. The molecular formula is C22H15Cl2FN2O2. The molecule has 0 bridgehead atoms. The lowest BCUT2D eigenvalue weighted by atomic mass is 9.97. The number of ether oxygens (including phenoxy) is 1. The highest BCUT2D eigenvalue weighted by molar-refractivity contribution is 6.31. The molecule has 4 nitrogen and oxygen atoms in total. The van der Waals surface area contributed by atoms with Crippen LogP contribution < -0.4 is 10.1 Å². The molecule has 0 spiro atoms. The van der Waals surface area contributed by atoms with Crippen LogP contribution in [0.25, 0.3) is 0 Å². The van der Waals surface area contributed by atoms with Gasteiger partial charge in [0.2, 0.25) is 0 Å². The maximum Gasteiger partial charge on any atom is 0.252 e. The Kier molecular flexibility index (Phi) is 6.38. The van der Waals surface area contributed by atoms with Gasteiger partial charge in [-0.25, -0.2) is 4.39 Å². The molecular weight excluding hydrogens is 414 g/mol. The highest BCUT2D eigenvalue weighted by Crippen LogP contribution is 2.33. The van der Waals surface area contributed by atoms with Crippen molar-refractivity contribution in [3.8, 4) is 11.8 Å². The molecule has 0 aliphatic rings. The topological polar surface area (TPSA) is 62.1 Å². The summed E-state index contributed by atoms with van der Waals surface area (Å²) >= 11 is 12.1. The first kappa shape index (κ1) is 20.7. The average Bonchev–Trinajstić information content (AvgIpc) is 2.72. The summed E-state index contributed by atoms with van der Waals surface area (Å²) in [6, 6.07) is 16.9. The minimum Gasteiger partial charge on any atom is -0.496 e. The van der Waals surface area contributed by atoms with E-state index in [1.807, 2.05) is 0 Å². The molecule has 0 heterocycles. The molecule has 146 valence electrons. The van der Waals surface area contributed by atoms with Crippen molar-refractivity contribution in [3.63, 3.8) is 0 Å². The van der Waals surface area contributed by atoms with Crippen LogP contribution in [0.3, 0.4) is 0 Å². The second kappa shape index (κ2) is 8.95. The Morgan fingerprint density at radius 3 is 2.38 bits per heavy atom. The maximum atomic E-state index is 13.9. The molecule has 0 saturated heterocycles. The maximum absolute atomic E-state index is 13.9. The summed E-state index contributed by atoms with van der Waals surface area (Å²) in [6.07, 6.45) is 0. The van der Waals surface area contributed by atoms with Gasteiger partial charge in [0.1, 0.15) is 17.6 Å². The zero-order valence-corrected chi connectivity index (χ0v) is 16.8. The summed E-state index contributed by atoms with van der Waals surface area (Å²) in [7, 11) is 1.51. The van der Waals surface area contributed by atoms with Gasteiger partial charge in [-0.3, -0.25) is 4.79 Å². The Morgan fingerprint density at radius 1 is 1.07 bits per heavy atom. The van der Waals surface area contributed by atoms with Crippen molar-refractivity contribution >= 4 is 29.1 Å². The third-order valence-electron chi connectivity index (χ3n) is 4.34. The minimum absolute atomic E-state index is 0.0911. The zero-order chi connectivity index (χ0) is 21.0. The molecule has 1 amide bonds. The van der Waals surface area contributed by atoms with Gasteiger partial charge in [-0.15, -0.1) is 0 Å². The van der Waals surface area contributed by atoms with Gasteiger partial charge in [0.25, 0.3) is 5.91 Å². The van der Waals surface area contributed by atoms with Crippen molar-refractivity contribution in [2.45, 2.75) is 6.04 Å². The predicted molar refractivity (Wildman–Crippen MR) is 110 cm³/mol. The Labute approximate surface area is 177 Å². The molecule has 0 unspecified atom stereocenters. The quantitative estimate of drug-likeness (QED) is 0.580. The number of nitrogens with one attached hydrogen (secondary N) is 1. The number of carbonyl (C=O) groups excluding carboxylic acids is 1. The number of rotatable bonds is 5. The lowest BCUT2D eigenvalue weighted by molar-refractivity contribution is 0.0942.